The van der Waals surface area contributed by atoms with Gasteiger partial charge in [-0.25, -0.2) is 4.98 Å². The lowest BCUT2D eigenvalue weighted by Gasteiger charge is -2.10. The molecule has 1 aromatic carbocycles. The second kappa shape index (κ2) is 5.33. The lowest BCUT2D eigenvalue weighted by Crippen LogP contribution is -2.01. The number of anilines is 1. The maximum Gasteiger partial charge on any atom is 0.0922 e. The average Bonchev–Trinajstić information content (AvgIpc) is 2.68. The first kappa shape index (κ1) is 12.1. The van der Waals surface area contributed by atoms with Crippen molar-refractivity contribution in [2.24, 2.45) is 0 Å². The van der Waals surface area contributed by atoms with E-state index in [1.165, 1.54) is 0 Å². The second-order valence-electron chi connectivity index (χ2n) is 3.17. The van der Waals surface area contributed by atoms with E-state index in [4.69, 9.17) is 0 Å². The Labute approximate surface area is 118 Å². The molecule has 0 unspecified atom stereocenters. The van der Waals surface area contributed by atoms with E-state index in [9.17, 15) is 0 Å². The SMILES string of the molecule is Brc1cc(Br)c(NCc2cnc[nH]2)c(Br)c1. The number of imidazole rings is 1. The molecular weight excluding hydrogens is 402 g/mol. The number of benzene rings is 1. The average molecular weight is 410 g/mol. The van der Waals surface area contributed by atoms with Crippen molar-refractivity contribution in [3.8, 4) is 0 Å². The van der Waals surface area contributed by atoms with Gasteiger partial charge < -0.3 is 10.3 Å². The molecule has 3 nitrogen and oxygen atoms in total. The second-order valence-corrected chi connectivity index (χ2v) is 5.80. The highest BCUT2D eigenvalue weighted by Gasteiger charge is 2.06. The first-order valence-corrected chi connectivity index (χ1v) is 6.90. The molecule has 0 amide bonds. The van der Waals surface area contributed by atoms with Crippen LogP contribution in [-0.4, -0.2) is 9.97 Å². The summed E-state index contributed by atoms with van der Waals surface area (Å²) >= 11 is 10.5. The normalized spacial score (nSPS) is 10.4. The van der Waals surface area contributed by atoms with Gasteiger partial charge in [0.1, 0.15) is 0 Å². The van der Waals surface area contributed by atoms with Crippen molar-refractivity contribution in [3.63, 3.8) is 0 Å². The Morgan fingerprint density at radius 2 is 1.88 bits per heavy atom. The van der Waals surface area contributed by atoms with Crippen molar-refractivity contribution >= 4 is 53.5 Å². The zero-order chi connectivity index (χ0) is 11.5. The zero-order valence-corrected chi connectivity index (χ0v) is 12.9. The summed E-state index contributed by atoms with van der Waals surface area (Å²) in [4.78, 5) is 7.01. The van der Waals surface area contributed by atoms with Crippen molar-refractivity contribution in [2.45, 2.75) is 6.54 Å². The highest BCUT2D eigenvalue weighted by Crippen LogP contribution is 2.34. The molecule has 0 radical (unpaired) electrons. The number of aromatic amines is 1. The Bertz CT molecular complexity index is 459. The Hall–Kier alpha value is -0.330. The standard InChI is InChI=1S/C10H8Br3N3/c11-6-1-8(12)10(9(13)2-6)15-4-7-3-14-5-16-7/h1-3,5,15H,4H2,(H,14,16). The van der Waals surface area contributed by atoms with E-state index in [1.807, 2.05) is 12.1 Å². The van der Waals surface area contributed by atoms with Crippen LogP contribution < -0.4 is 5.32 Å². The van der Waals surface area contributed by atoms with Crippen LogP contribution in [0.4, 0.5) is 5.69 Å². The van der Waals surface area contributed by atoms with E-state index in [-0.39, 0.29) is 0 Å². The Morgan fingerprint density at radius 1 is 1.19 bits per heavy atom. The van der Waals surface area contributed by atoms with Gasteiger partial charge in [0.05, 0.1) is 24.3 Å². The predicted octanol–water partition coefficient (Wildman–Crippen LogP) is 4.31. The molecule has 0 aliphatic rings. The van der Waals surface area contributed by atoms with Gasteiger partial charge in [0.15, 0.2) is 0 Å². The van der Waals surface area contributed by atoms with Crippen molar-refractivity contribution in [3.05, 3.63) is 43.8 Å². The van der Waals surface area contributed by atoms with E-state index in [1.54, 1.807) is 12.5 Å². The van der Waals surface area contributed by atoms with Gasteiger partial charge in [0.2, 0.25) is 0 Å². The number of hydrogen-bond acceptors (Lipinski definition) is 2. The predicted molar refractivity (Wildman–Crippen MR) is 75.5 cm³/mol. The monoisotopic (exact) mass is 407 g/mol. The summed E-state index contributed by atoms with van der Waals surface area (Å²) in [5.74, 6) is 0. The van der Waals surface area contributed by atoms with Crippen LogP contribution >= 0.6 is 47.8 Å². The van der Waals surface area contributed by atoms with E-state index < -0.39 is 0 Å². The quantitative estimate of drug-likeness (QED) is 0.793. The lowest BCUT2D eigenvalue weighted by molar-refractivity contribution is 1.07. The van der Waals surface area contributed by atoms with Gasteiger partial charge in [-0.05, 0) is 44.0 Å². The smallest absolute Gasteiger partial charge is 0.0922 e. The summed E-state index contributed by atoms with van der Waals surface area (Å²) in [5, 5.41) is 3.32. The van der Waals surface area contributed by atoms with Crippen LogP contribution in [0, 0.1) is 0 Å². The molecule has 2 aromatic rings. The van der Waals surface area contributed by atoms with Gasteiger partial charge in [-0.3, -0.25) is 0 Å². The minimum absolute atomic E-state index is 0.707. The molecule has 2 N–H and O–H groups in total. The molecule has 16 heavy (non-hydrogen) atoms. The van der Waals surface area contributed by atoms with Gasteiger partial charge in [-0.1, -0.05) is 15.9 Å². The van der Waals surface area contributed by atoms with Crippen molar-refractivity contribution in [2.75, 3.05) is 5.32 Å². The number of rotatable bonds is 3. The van der Waals surface area contributed by atoms with Crippen molar-refractivity contribution < 1.29 is 0 Å². The minimum Gasteiger partial charge on any atom is -0.378 e. The third kappa shape index (κ3) is 2.87. The molecular formula is C10H8Br3N3. The maximum atomic E-state index is 3.97. The molecule has 0 atom stereocenters. The lowest BCUT2D eigenvalue weighted by atomic mass is 10.3. The van der Waals surface area contributed by atoms with Crippen LogP contribution in [0.25, 0.3) is 0 Å². The molecule has 0 spiro atoms. The fraction of sp³-hybridized carbons (Fsp3) is 0.100. The molecule has 1 heterocycles. The molecule has 0 aliphatic carbocycles. The Balaban J connectivity index is 2.15. The molecule has 6 heteroatoms. The summed E-state index contributed by atoms with van der Waals surface area (Å²) in [6.45, 7) is 0.707. The topological polar surface area (TPSA) is 40.7 Å². The summed E-state index contributed by atoms with van der Waals surface area (Å²) < 4.78 is 3.04. The van der Waals surface area contributed by atoms with Crippen LogP contribution in [0.1, 0.15) is 5.69 Å². The molecule has 0 aliphatic heterocycles. The molecule has 0 bridgehead atoms. The largest absolute Gasteiger partial charge is 0.378 e. The number of nitrogens with one attached hydrogen (secondary N) is 2. The highest BCUT2D eigenvalue weighted by molar-refractivity contribution is 9.11. The molecule has 0 saturated heterocycles. The highest BCUT2D eigenvalue weighted by atomic mass is 79.9. The molecule has 0 saturated carbocycles. The third-order valence-corrected chi connectivity index (χ3v) is 3.73. The van der Waals surface area contributed by atoms with E-state index in [2.05, 4.69) is 63.1 Å². The number of aromatic nitrogens is 2. The van der Waals surface area contributed by atoms with Crippen LogP contribution in [0.5, 0.6) is 0 Å². The first-order valence-electron chi connectivity index (χ1n) is 4.52. The minimum atomic E-state index is 0.707. The van der Waals surface area contributed by atoms with Gasteiger partial charge in [-0.15, -0.1) is 0 Å². The number of nitrogens with zero attached hydrogens (tertiary/aromatic N) is 1. The Kier molecular flexibility index (Phi) is 4.05. The number of H-pyrrole nitrogens is 1. The first-order chi connectivity index (χ1) is 7.66. The summed E-state index contributed by atoms with van der Waals surface area (Å²) in [6, 6.07) is 4.00. The van der Waals surface area contributed by atoms with Gasteiger partial charge in [0, 0.05) is 19.6 Å². The van der Waals surface area contributed by atoms with Crippen LogP contribution in [-0.2, 0) is 6.54 Å². The zero-order valence-electron chi connectivity index (χ0n) is 8.10. The van der Waals surface area contributed by atoms with Gasteiger partial charge >= 0.3 is 0 Å². The molecule has 2 rings (SSSR count). The van der Waals surface area contributed by atoms with Gasteiger partial charge in [-0.2, -0.15) is 0 Å². The van der Waals surface area contributed by atoms with Crippen LogP contribution in [0.2, 0.25) is 0 Å². The van der Waals surface area contributed by atoms with Gasteiger partial charge in [0.25, 0.3) is 0 Å². The summed E-state index contributed by atoms with van der Waals surface area (Å²) in [7, 11) is 0. The summed E-state index contributed by atoms with van der Waals surface area (Å²) in [6.07, 6.45) is 3.47. The van der Waals surface area contributed by atoms with Crippen LogP contribution in [0.15, 0.2) is 38.1 Å². The van der Waals surface area contributed by atoms with Crippen LogP contribution in [0.3, 0.4) is 0 Å². The third-order valence-electron chi connectivity index (χ3n) is 2.02. The van der Waals surface area contributed by atoms with Crippen molar-refractivity contribution in [1.29, 1.82) is 0 Å². The molecule has 84 valence electrons. The Morgan fingerprint density at radius 3 is 2.44 bits per heavy atom. The van der Waals surface area contributed by atoms with Crippen molar-refractivity contribution in [1.82, 2.24) is 9.97 Å². The fourth-order valence-electron chi connectivity index (χ4n) is 1.28. The van der Waals surface area contributed by atoms with E-state index in [0.29, 0.717) is 6.54 Å². The molecule has 1 aromatic heterocycles. The molecule has 0 fully saturated rings. The number of halogens is 3. The maximum absolute atomic E-state index is 3.97. The number of hydrogen-bond donors (Lipinski definition) is 2. The van der Waals surface area contributed by atoms with E-state index in [0.717, 1.165) is 24.8 Å². The van der Waals surface area contributed by atoms with E-state index >= 15 is 0 Å². The summed E-state index contributed by atoms with van der Waals surface area (Å²) in [5.41, 5.74) is 2.07. The fourth-order valence-corrected chi connectivity index (χ4v) is 3.82.